The van der Waals surface area contributed by atoms with E-state index in [-0.39, 0.29) is 50.9 Å². The van der Waals surface area contributed by atoms with Crippen molar-refractivity contribution in [2.75, 3.05) is 39.3 Å². The molecule has 0 radical (unpaired) electrons. The second-order valence-corrected chi connectivity index (χ2v) is 4.37. The highest BCUT2D eigenvalue weighted by molar-refractivity contribution is 8.93. The van der Waals surface area contributed by atoms with E-state index in [1.807, 2.05) is 0 Å². The fourth-order valence-electron chi connectivity index (χ4n) is 1.87. The molecular formula is C12H30Br3N3. The Balaban J connectivity index is -0.000000173. The van der Waals surface area contributed by atoms with E-state index in [0.717, 1.165) is 0 Å². The summed E-state index contributed by atoms with van der Waals surface area (Å²) >= 11 is 0. The van der Waals surface area contributed by atoms with Crippen molar-refractivity contribution >= 4 is 50.9 Å². The Kier molecular flexibility index (Phi) is 27.9. The Morgan fingerprint density at radius 1 is 0.333 bits per heavy atom. The molecule has 3 aliphatic rings. The molecule has 0 aromatic rings. The van der Waals surface area contributed by atoms with E-state index in [4.69, 9.17) is 0 Å². The average Bonchev–Trinajstić information content (AvgIpc) is 3.09. The molecule has 0 amide bonds. The van der Waals surface area contributed by atoms with Crippen LogP contribution < -0.4 is 16.0 Å². The zero-order valence-electron chi connectivity index (χ0n) is 11.2. The van der Waals surface area contributed by atoms with E-state index in [1.54, 1.807) is 0 Å². The van der Waals surface area contributed by atoms with Gasteiger partial charge in [0.15, 0.2) is 0 Å². The molecule has 3 saturated heterocycles. The molecule has 6 heteroatoms. The Labute approximate surface area is 144 Å². The van der Waals surface area contributed by atoms with E-state index in [1.165, 1.54) is 77.8 Å². The van der Waals surface area contributed by atoms with E-state index in [2.05, 4.69) is 16.0 Å². The van der Waals surface area contributed by atoms with Gasteiger partial charge in [0.25, 0.3) is 0 Å². The Morgan fingerprint density at radius 2 is 0.500 bits per heavy atom. The van der Waals surface area contributed by atoms with Gasteiger partial charge in [0.1, 0.15) is 0 Å². The molecule has 0 bridgehead atoms. The minimum atomic E-state index is 0. The average molecular weight is 456 g/mol. The molecule has 3 fully saturated rings. The maximum absolute atomic E-state index is 3.22. The molecule has 0 aromatic carbocycles. The van der Waals surface area contributed by atoms with Crippen molar-refractivity contribution in [2.45, 2.75) is 38.5 Å². The van der Waals surface area contributed by atoms with Crippen molar-refractivity contribution < 1.29 is 0 Å². The van der Waals surface area contributed by atoms with Gasteiger partial charge >= 0.3 is 0 Å². The summed E-state index contributed by atoms with van der Waals surface area (Å²) < 4.78 is 0. The number of rotatable bonds is 0. The van der Waals surface area contributed by atoms with Crippen molar-refractivity contribution in [3.05, 3.63) is 0 Å². The lowest BCUT2D eigenvalue weighted by atomic mass is 10.4. The molecule has 18 heavy (non-hydrogen) atoms. The summed E-state index contributed by atoms with van der Waals surface area (Å²) in [6.45, 7) is 7.50. The van der Waals surface area contributed by atoms with Crippen LogP contribution in [0, 0.1) is 0 Å². The summed E-state index contributed by atoms with van der Waals surface area (Å²) in [7, 11) is 0. The quantitative estimate of drug-likeness (QED) is 0.525. The summed E-state index contributed by atoms with van der Waals surface area (Å²) in [5.41, 5.74) is 0. The van der Waals surface area contributed by atoms with E-state index in [0.29, 0.717) is 0 Å². The van der Waals surface area contributed by atoms with Gasteiger partial charge in [0, 0.05) is 0 Å². The molecule has 114 valence electrons. The van der Waals surface area contributed by atoms with Crippen LogP contribution in [0.1, 0.15) is 38.5 Å². The number of hydrogen-bond donors (Lipinski definition) is 3. The SMILES string of the molecule is Br.Br.Br.C1CCNC1.C1CCNC1.C1CCNC1. The first-order valence-corrected chi connectivity index (χ1v) is 6.62. The van der Waals surface area contributed by atoms with Gasteiger partial charge in [-0.3, -0.25) is 0 Å². The van der Waals surface area contributed by atoms with Crippen LogP contribution in [0.3, 0.4) is 0 Å². The van der Waals surface area contributed by atoms with Gasteiger partial charge in [0.2, 0.25) is 0 Å². The van der Waals surface area contributed by atoms with Gasteiger partial charge in [-0.15, -0.1) is 50.9 Å². The van der Waals surface area contributed by atoms with Gasteiger partial charge in [-0.2, -0.15) is 0 Å². The summed E-state index contributed by atoms with van der Waals surface area (Å²) in [5.74, 6) is 0. The van der Waals surface area contributed by atoms with E-state index < -0.39 is 0 Å². The standard InChI is InChI=1S/3C4H9N.3BrH/c3*1-2-4-5-3-1;;;/h3*5H,1-4H2;3*1H. The topological polar surface area (TPSA) is 36.1 Å². The maximum Gasteiger partial charge on any atom is -0.00484 e. The molecule has 3 N–H and O–H groups in total. The fraction of sp³-hybridized carbons (Fsp3) is 1.00. The van der Waals surface area contributed by atoms with Crippen molar-refractivity contribution in [3.63, 3.8) is 0 Å². The normalized spacial score (nSPS) is 20.0. The molecular weight excluding hydrogens is 426 g/mol. The molecule has 3 aliphatic heterocycles. The first kappa shape index (κ1) is 24.3. The highest BCUT2D eigenvalue weighted by Crippen LogP contribution is 1.91. The summed E-state index contributed by atoms with van der Waals surface area (Å²) in [6.07, 6.45) is 8.33. The van der Waals surface area contributed by atoms with Gasteiger partial charge in [-0.05, 0) is 77.8 Å². The van der Waals surface area contributed by atoms with Gasteiger partial charge < -0.3 is 16.0 Å². The molecule has 3 heterocycles. The molecule has 0 atom stereocenters. The van der Waals surface area contributed by atoms with Crippen LogP contribution in [-0.2, 0) is 0 Å². The summed E-state index contributed by atoms with van der Waals surface area (Å²) in [6, 6.07) is 0. The van der Waals surface area contributed by atoms with Crippen molar-refractivity contribution in [2.24, 2.45) is 0 Å². The summed E-state index contributed by atoms with van der Waals surface area (Å²) in [5, 5.41) is 9.67. The fourth-order valence-corrected chi connectivity index (χ4v) is 1.87. The zero-order chi connectivity index (χ0) is 10.6. The molecule has 0 unspecified atom stereocenters. The predicted molar refractivity (Wildman–Crippen MR) is 97.3 cm³/mol. The molecule has 3 rings (SSSR count). The van der Waals surface area contributed by atoms with Crippen molar-refractivity contribution in [1.29, 1.82) is 0 Å². The van der Waals surface area contributed by atoms with Crippen LogP contribution in [0.15, 0.2) is 0 Å². The monoisotopic (exact) mass is 453 g/mol. The Morgan fingerprint density at radius 3 is 0.556 bits per heavy atom. The van der Waals surface area contributed by atoms with E-state index in [9.17, 15) is 0 Å². The third kappa shape index (κ3) is 17.3. The lowest BCUT2D eigenvalue weighted by molar-refractivity contribution is 0.857. The smallest absolute Gasteiger partial charge is 0.00484 e. The third-order valence-corrected chi connectivity index (χ3v) is 2.87. The van der Waals surface area contributed by atoms with Gasteiger partial charge in [-0.1, -0.05) is 0 Å². The van der Waals surface area contributed by atoms with Crippen LogP contribution in [0.5, 0.6) is 0 Å². The van der Waals surface area contributed by atoms with Gasteiger partial charge in [-0.25, -0.2) is 0 Å². The summed E-state index contributed by atoms with van der Waals surface area (Å²) in [4.78, 5) is 0. The van der Waals surface area contributed by atoms with Crippen molar-refractivity contribution in [3.8, 4) is 0 Å². The molecule has 0 aliphatic carbocycles. The highest BCUT2D eigenvalue weighted by atomic mass is 79.9. The minimum absolute atomic E-state index is 0. The van der Waals surface area contributed by atoms with Crippen molar-refractivity contribution in [1.82, 2.24) is 16.0 Å². The number of nitrogens with one attached hydrogen (secondary N) is 3. The Bertz CT molecular complexity index is 81.1. The third-order valence-electron chi connectivity index (χ3n) is 2.87. The number of halogens is 3. The van der Waals surface area contributed by atoms with Crippen LogP contribution in [0.25, 0.3) is 0 Å². The first-order chi connectivity index (χ1) is 7.50. The molecule has 0 saturated carbocycles. The maximum atomic E-state index is 3.22. The van der Waals surface area contributed by atoms with Crippen LogP contribution >= 0.6 is 50.9 Å². The second kappa shape index (κ2) is 20.6. The molecule has 0 aromatic heterocycles. The second-order valence-electron chi connectivity index (χ2n) is 4.37. The first-order valence-electron chi connectivity index (χ1n) is 6.62. The zero-order valence-corrected chi connectivity index (χ0v) is 16.3. The van der Waals surface area contributed by atoms with Crippen LogP contribution in [-0.4, -0.2) is 39.3 Å². The lowest BCUT2D eigenvalue weighted by Gasteiger charge is -1.76. The van der Waals surface area contributed by atoms with Crippen LogP contribution in [0.2, 0.25) is 0 Å². The van der Waals surface area contributed by atoms with Crippen LogP contribution in [0.4, 0.5) is 0 Å². The number of hydrogen-bond acceptors (Lipinski definition) is 3. The highest BCUT2D eigenvalue weighted by Gasteiger charge is 1.94. The van der Waals surface area contributed by atoms with E-state index >= 15 is 0 Å². The minimum Gasteiger partial charge on any atom is -0.317 e. The molecule has 3 nitrogen and oxygen atoms in total. The predicted octanol–water partition coefficient (Wildman–Crippen LogP) is 2.84. The largest absolute Gasteiger partial charge is 0.317 e. The molecule has 0 spiro atoms. The van der Waals surface area contributed by atoms with Gasteiger partial charge in [0.05, 0.1) is 0 Å². The lowest BCUT2D eigenvalue weighted by Crippen LogP contribution is -2.03. The Hall–Kier alpha value is 1.32.